The summed E-state index contributed by atoms with van der Waals surface area (Å²) in [6, 6.07) is 15.6. The van der Waals surface area contributed by atoms with Crippen molar-refractivity contribution in [3.63, 3.8) is 0 Å². The molecule has 0 spiro atoms. The minimum absolute atomic E-state index is 0.0367. The number of aromatic nitrogens is 1. The second kappa shape index (κ2) is 10.9. The third-order valence-electron chi connectivity index (χ3n) is 5.92. The summed E-state index contributed by atoms with van der Waals surface area (Å²) in [6.45, 7) is 1.15. The molecule has 0 saturated heterocycles. The van der Waals surface area contributed by atoms with E-state index in [1.807, 2.05) is 30.3 Å². The molecule has 188 valence electrons. The molecule has 0 fully saturated rings. The van der Waals surface area contributed by atoms with Gasteiger partial charge in [-0.05, 0) is 78.8 Å². The number of carbonyl (C=O) groups excluding carboxylic acids is 1. The standard InChI is InChI=1S/C28H25F4NO3/c1-2-35-27(34)25-14-19(16-29)13-24(33-25)22-10-6-9-21(22)23-15-20(28(30,31)32)11-12-26(23)36-17-18-7-4-3-5-8-18/h3-5,7-8,11-15H,2,6,9-10,16-17H2,1H3. The molecule has 4 nitrogen and oxygen atoms in total. The molecule has 0 saturated carbocycles. The number of hydrogen-bond donors (Lipinski definition) is 0. The maximum absolute atomic E-state index is 13.6. The van der Waals surface area contributed by atoms with Crippen molar-refractivity contribution in [2.75, 3.05) is 6.61 Å². The van der Waals surface area contributed by atoms with E-state index in [-0.39, 0.29) is 24.5 Å². The lowest BCUT2D eigenvalue weighted by Gasteiger charge is -2.17. The van der Waals surface area contributed by atoms with Gasteiger partial charge in [0.15, 0.2) is 0 Å². The van der Waals surface area contributed by atoms with Crippen LogP contribution in [0.15, 0.2) is 60.7 Å². The minimum Gasteiger partial charge on any atom is -0.488 e. The van der Waals surface area contributed by atoms with Crippen LogP contribution in [0, 0.1) is 0 Å². The zero-order chi connectivity index (χ0) is 25.7. The third-order valence-corrected chi connectivity index (χ3v) is 5.92. The van der Waals surface area contributed by atoms with E-state index in [1.165, 1.54) is 18.2 Å². The highest BCUT2D eigenvalue weighted by molar-refractivity contribution is 5.95. The van der Waals surface area contributed by atoms with Crippen molar-refractivity contribution in [1.82, 2.24) is 4.98 Å². The number of nitrogens with zero attached hydrogens (tertiary/aromatic N) is 1. The Bertz CT molecular complexity index is 1270. The molecular formula is C28H25F4NO3. The second-order valence-corrected chi connectivity index (χ2v) is 8.39. The number of pyridine rings is 1. The van der Waals surface area contributed by atoms with Gasteiger partial charge in [0, 0.05) is 5.56 Å². The molecule has 8 heteroatoms. The number of carbonyl (C=O) groups is 1. The molecule has 2 aromatic carbocycles. The fourth-order valence-corrected chi connectivity index (χ4v) is 4.26. The van der Waals surface area contributed by atoms with Gasteiger partial charge in [-0.1, -0.05) is 30.3 Å². The molecule has 36 heavy (non-hydrogen) atoms. The molecule has 3 aromatic rings. The highest BCUT2D eigenvalue weighted by Gasteiger charge is 2.32. The topological polar surface area (TPSA) is 48.4 Å². The van der Waals surface area contributed by atoms with Crippen LogP contribution >= 0.6 is 0 Å². The van der Waals surface area contributed by atoms with E-state index in [0.717, 1.165) is 17.7 Å². The van der Waals surface area contributed by atoms with Crippen LogP contribution in [0.4, 0.5) is 17.6 Å². The first-order valence-electron chi connectivity index (χ1n) is 11.6. The highest BCUT2D eigenvalue weighted by atomic mass is 19.4. The van der Waals surface area contributed by atoms with E-state index < -0.39 is 24.4 Å². The maximum atomic E-state index is 13.6. The number of rotatable bonds is 8. The molecule has 0 radical (unpaired) electrons. The van der Waals surface area contributed by atoms with E-state index in [4.69, 9.17) is 9.47 Å². The van der Waals surface area contributed by atoms with E-state index in [1.54, 1.807) is 6.92 Å². The second-order valence-electron chi connectivity index (χ2n) is 8.39. The van der Waals surface area contributed by atoms with Crippen molar-refractivity contribution in [2.24, 2.45) is 0 Å². The zero-order valence-corrected chi connectivity index (χ0v) is 19.7. The van der Waals surface area contributed by atoms with Crippen LogP contribution < -0.4 is 4.74 Å². The van der Waals surface area contributed by atoms with Gasteiger partial charge in [0.2, 0.25) is 0 Å². The lowest BCUT2D eigenvalue weighted by molar-refractivity contribution is -0.137. The Labute approximate surface area is 206 Å². The predicted octanol–water partition coefficient (Wildman–Crippen LogP) is 7.42. The van der Waals surface area contributed by atoms with E-state index in [0.29, 0.717) is 47.4 Å². The molecule has 0 amide bonds. The smallest absolute Gasteiger partial charge is 0.416 e. The van der Waals surface area contributed by atoms with Gasteiger partial charge < -0.3 is 9.47 Å². The Balaban J connectivity index is 1.81. The van der Waals surface area contributed by atoms with Gasteiger partial charge in [0.25, 0.3) is 0 Å². The molecule has 0 atom stereocenters. The van der Waals surface area contributed by atoms with Crippen molar-refractivity contribution < 1.29 is 31.8 Å². The SMILES string of the molecule is CCOC(=O)c1cc(CF)cc(C2=C(c3cc(C(F)(F)F)ccc3OCc3ccccc3)CCC2)n1. The molecule has 0 aliphatic heterocycles. The van der Waals surface area contributed by atoms with E-state index in [9.17, 15) is 22.4 Å². The number of hydrogen-bond acceptors (Lipinski definition) is 4. The van der Waals surface area contributed by atoms with Crippen LogP contribution in [0.25, 0.3) is 11.1 Å². The fourth-order valence-electron chi connectivity index (χ4n) is 4.26. The molecular weight excluding hydrogens is 474 g/mol. The number of halogens is 4. The first-order chi connectivity index (χ1) is 17.3. The van der Waals surface area contributed by atoms with Crippen LogP contribution in [-0.4, -0.2) is 17.6 Å². The van der Waals surface area contributed by atoms with Gasteiger partial charge in [-0.25, -0.2) is 14.2 Å². The van der Waals surface area contributed by atoms with E-state index in [2.05, 4.69) is 4.98 Å². The fraction of sp³-hybridized carbons (Fsp3) is 0.286. The van der Waals surface area contributed by atoms with Crippen molar-refractivity contribution in [3.8, 4) is 5.75 Å². The van der Waals surface area contributed by atoms with Crippen LogP contribution in [0.1, 0.15) is 64.6 Å². The van der Waals surface area contributed by atoms with Gasteiger partial charge in [-0.15, -0.1) is 0 Å². The number of esters is 1. The van der Waals surface area contributed by atoms with Crippen LogP contribution in [0.2, 0.25) is 0 Å². The number of ether oxygens (including phenoxy) is 2. The van der Waals surface area contributed by atoms with Gasteiger partial charge in [-0.2, -0.15) is 13.2 Å². The summed E-state index contributed by atoms with van der Waals surface area (Å²) in [4.78, 5) is 16.7. The van der Waals surface area contributed by atoms with Gasteiger partial charge >= 0.3 is 12.1 Å². The summed E-state index contributed by atoms with van der Waals surface area (Å²) in [7, 11) is 0. The van der Waals surface area contributed by atoms with Gasteiger partial charge in [0.05, 0.1) is 17.9 Å². The number of alkyl halides is 4. The van der Waals surface area contributed by atoms with Crippen LogP contribution in [0.3, 0.4) is 0 Å². The Morgan fingerprint density at radius 2 is 1.72 bits per heavy atom. The summed E-state index contributed by atoms with van der Waals surface area (Å²) in [5.74, 6) is -0.367. The maximum Gasteiger partial charge on any atom is 0.416 e. The Kier molecular flexibility index (Phi) is 7.72. The summed E-state index contributed by atoms with van der Waals surface area (Å²) in [6.07, 6.45) is -2.84. The highest BCUT2D eigenvalue weighted by Crippen LogP contribution is 2.44. The molecule has 0 bridgehead atoms. The van der Waals surface area contributed by atoms with Gasteiger partial charge in [-0.3, -0.25) is 0 Å². The summed E-state index contributed by atoms with van der Waals surface area (Å²) in [5, 5.41) is 0. The summed E-state index contributed by atoms with van der Waals surface area (Å²) >= 11 is 0. The normalized spacial score (nSPS) is 13.7. The molecule has 1 aliphatic rings. The average Bonchev–Trinajstić information content (AvgIpc) is 3.37. The van der Waals surface area contributed by atoms with E-state index >= 15 is 0 Å². The van der Waals surface area contributed by atoms with Crippen molar-refractivity contribution >= 4 is 17.1 Å². The summed E-state index contributed by atoms with van der Waals surface area (Å²) < 4.78 is 65.4. The number of allylic oxidation sites excluding steroid dienone is 2. The predicted molar refractivity (Wildman–Crippen MR) is 128 cm³/mol. The van der Waals surface area contributed by atoms with Crippen molar-refractivity contribution in [3.05, 3.63) is 94.3 Å². The van der Waals surface area contributed by atoms with Gasteiger partial charge in [0.1, 0.15) is 24.7 Å². The molecule has 0 unspecified atom stereocenters. The lowest BCUT2D eigenvalue weighted by Crippen LogP contribution is -2.09. The monoisotopic (exact) mass is 499 g/mol. The third kappa shape index (κ3) is 5.75. The summed E-state index contributed by atoms with van der Waals surface area (Å²) in [5.41, 5.74) is 2.27. The average molecular weight is 500 g/mol. The minimum atomic E-state index is -4.53. The quantitative estimate of drug-likeness (QED) is 0.239. The first kappa shape index (κ1) is 25.4. The van der Waals surface area contributed by atoms with Crippen LogP contribution in [-0.2, 0) is 24.2 Å². The molecule has 1 aliphatic carbocycles. The van der Waals surface area contributed by atoms with Crippen molar-refractivity contribution in [2.45, 2.75) is 45.6 Å². The zero-order valence-electron chi connectivity index (χ0n) is 19.7. The van der Waals surface area contributed by atoms with Crippen LogP contribution in [0.5, 0.6) is 5.75 Å². The number of benzene rings is 2. The molecule has 0 N–H and O–H groups in total. The molecule has 4 rings (SSSR count). The molecule has 1 heterocycles. The Morgan fingerprint density at radius 1 is 0.972 bits per heavy atom. The largest absolute Gasteiger partial charge is 0.488 e. The Hall–Kier alpha value is -3.68. The Morgan fingerprint density at radius 3 is 2.42 bits per heavy atom. The molecule has 1 aromatic heterocycles. The van der Waals surface area contributed by atoms with Crippen molar-refractivity contribution in [1.29, 1.82) is 0 Å². The first-order valence-corrected chi connectivity index (χ1v) is 11.6. The lowest BCUT2D eigenvalue weighted by atomic mass is 9.96.